The predicted molar refractivity (Wildman–Crippen MR) is 55.1 cm³/mol. The van der Waals surface area contributed by atoms with Gasteiger partial charge < -0.3 is 10.4 Å². The first-order chi connectivity index (χ1) is 7.91. The molecule has 2 N–H and O–H groups in total. The van der Waals surface area contributed by atoms with E-state index in [4.69, 9.17) is 0 Å². The molecule has 0 saturated heterocycles. The zero-order valence-electron chi connectivity index (χ0n) is 8.87. The maximum absolute atomic E-state index is 11.8. The van der Waals surface area contributed by atoms with Crippen molar-refractivity contribution in [2.75, 3.05) is 6.54 Å². The number of halogens is 3. The van der Waals surface area contributed by atoms with E-state index in [1.165, 1.54) is 0 Å². The number of carbonyl (C=O) groups is 1. The van der Waals surface area contributed by atoms with Gasteiger partial charge in [-0.1, -0.05) is 30.3 Å². The molecule has 1 aromatic carbocycles. The van der Waals surface area contributed by atoms with Gasteiger partial charge in [0.15, 0.2) is 0 Å². The minimum absolute atomic E-state index is 0.0336. The van der Waals surface area contributed by atoms with Crippen molar-refractivity contribution in [2.45, 2.75) is 18.7 Å². The number of hydrogen-bond donors (Lipinski definition) is 2. The second kappa shape index (κ2) is 5.67. The van der Waals surface area contributed by atoms with Crippen molar-refractivity contribution in [2.24, 2.45) is 0 Å². The number of aliphatic hydroxyl groups is 1. The van der Waals surface area contributed by atoms with Gasteiger partial charge >= 0.3 is 12.1 Å². The molecule has 1 rings (SSSR count). The Hall–Kier alpha value is -1.56. The third-order valence-corrected chi connectivity index (χ3v) is 2.15. The van der Waals surface area contributed by atoms with Crippen molar-refractivity contribution < 1.29 is 23.1 Å². The van der Waals surface area contributed by atoms with Crippen molar-refractivity contribution in [1.82, 2.24) is 5.32 Å². The number of alkyl halides is 3. The van der Waals surface area contributed by atoms with Crippen LogP contribution in [0.25, 0.3) is 0 Å². The van der Waals surface area contributed by atoms with E-state index in [1.807, 2.05) is 0 Å². The summed E-state index contributed by atoms with van der Waals surface area (Å²) < 4.78 is 35.5. The zero-order chi connectivity index (χ0) is 12.9. The lowest BCUT2D eigenvalue weighted by molar-refractivity contribution is -0.173. The number of carbonyl (C=O) groups excluding carboxylic acids is 1. The predicted octanol–water partition coefficient (Wildman–Crippen LogP) is 1.79. The lowest BCUT2D eigenvalue weighted by atomic mass is 10.1. The van der Waals surface area contributed by atoms with Crippen molar-refractivity contribution in [3.05, 3.63) is 35.9 Å². The first kappa shape index (κ1) is 13.5. The molecule has 3 nitrogen and oxygen atoms in total. The van der Waals surface area contributed by atoms with Crippen LogP contribution in [-0.4, -0.2) is 23.7 Å². The van der Waals surface area contributed by atoms with Crippen LogP contribution in [0.1, 0.15) is 18.1 Å². The van der Waals surface area contributed by atoms with E-state index in [0.29, 0.717) is 5.56 Å². The maximum Gasteiger partial charge on any atom is 0.471 e. The molecular formula is C11H12F3NO2. The fraction of sp³-hybridized carbons (Fsp3) is 0.364. The molecule has 0 aliphatic heterocycles. The van der Waals surface area contributed by atoms with E-state index in [1.54, 1.807) is 35.6 Å². The molecule has 0 spiro atoms. The normalized spacial score (nSPS) is 13.2. The Balaban J connectivity index is 2.35. The summed E-state index contributed by atoms with van der Waals surface area (Å²) in [5.74, 6) is -1.99. The molecule has 94 valence electrons. The van der Waals surface area contributed by atoms with Crippen LogP contribution in [0.5, 0.6) is 0 Å². The standard InChI is InChI=1S/C11H12F3NO2/c12-11(13,14)10(17)15-7-6-9(16)8-4-2-1-3-5-8/h1-5,9,16H,6-7H2,(H,15,17). The Morgan fingerprint density at radius 1 is 1.29 bits per heavy atom. The molecule has 0 radical (unpaired) electrons. The molecule has 0 fully saturated rings. The largest absolute Gasteiger partial charge is 0.471 e. The quantitative estimate of drug-likeness (QED) is 0.852. The summed E-state index contributed by atoms with van der Waals surface area (Å²) in [6, 6.07) is 8.52. The van der Waals surface area contributed by atoms with Gasteiger partial charge in [0, 0.05) is 6.54 Å². The summed E-state index contributed by atoms with van der Waals surface area (Å²) in [4.78, 5) is 10.5. The minimum atomic E-state index is -4.88. The topological polar surface area (TPSA) is 49.3 Å². The third kappa shape index (κ3) is 4.44. The van der Waals surface area contributed by atoms with Crippen LogP contribution in [0.15, 0.2) is 30.3 Å². The van der Waals surface area contributed by atoms with Crippen LogP contribution >= 0.6 is 0 Å². The van der Waals surface area contributed by atoms with Crippen LogP contribution < -0.4 is 5.32 Å². The first-order valence-electron chi connectivity index (χ1n) is 4.99. The highest BCUT2D eigenvalue weighted by Gasteiger charge is 2.38. The van der Waals surface area contributed by atoms with Crippen LogP contribution in [0.2, 0.25) is 0 Å². The van der Waals surface area contributed by atoms with Gasteiger partial charge in [-0.15, -0.1) is 0 Å². The highest BCUT2D eigenvalue weighted by molar-refractivity contribution is 5.81. The number of hydrogen-bond acceptors (Lipinski definition) is 2. The van der Waals surface area contributed by atoms with Gasteiger partial charge in [-0.2, -0.15) is 13.2 Å². The number of rotatable bonds is 4. The summed E-state index contributed by atoms with van der Waals surface area (Å²) in [6.07, 6.45) is -5.73. The average Bonchev–Trinajstić information content (AvgIpc) is 2.28. The molecule has 17 heavy (non-hydrogen) atoms. The maximum atomic E-state index is 11.8. The molecule has 0 aliphatic carbocycles. The Kier molecular flexibility index (Phi) is 4.51. The van der Waals surface area contributed by atoms with E-state index < -0.39 is 18.2 Å². The van der Waals surface area contributed by atoms with Crippen molar-refractivity contribution in [1.29, 1.82) is 0 Å². The average molecular weight is 247 g/mol. The number of benzene rings is 1. The highest BCUT2D eigenvalue weighted by atomic mass is 19.4. The highest BCUT2D eigenvalue weighted by Crippen LogP contribution is 2.16. The van der Waals surface area contributed by atoms with Gasteiger partial charge in [-0.05, 0) is 12.0 Å². The van der Waals surface area contributed by atoms with Gasteiger partial charge in [-0.25, -0.2) is 0 Å². The lowest BCUT2D eigenvalue weighted by Crippen LogP contribution is -2.37. The third-order valence-electron chi connectivity index (χ3n) is 2.15. The Morgan fingerprint density at radius 2 is 1.88 bits per heavy atom. The lowest BCUT2D eigenvalue weighted by Gasteiger charge is -2.12. The van der Waals surface area contributed by atoms with Crippen LogP contribution in [0.4, 0.5) is 13.2 Å². The van der Waals surface area contributed by atoms with E-state index in [-0.39, 0.29) is 13.0 Å². The van der Waals surface area contributed by atoms with Crippen LogP contribution in [0.3, 0.4) is 0 Å². The Morgan fingerprint density at radius 3 is 2.41 bits per heavy atom. The zero-order valence-corrected chi connectivity index (χ0v) is 8.87. The minimum Gasteiger partial charge on any atom is -0.388 e. The molecule has 0 aliphatic rings. The van der Waals surface area contributed by atoms with Crippen molar-refractivity contribution in [3.63, 3.8) is 0 Å². The summed E-state index contributed by atoms with van der Waals surface area (Å²) in [7, 11) is 0. The van der Waals surface area contributed by atoms with Crippen molar-refractivity contribution >= 4 is 5.91 Å². The number of amides is 1. The van der Waals surface area contributed by atoms with Crippen LogP contribution in [0, 0.1) is 0 Å². The summed E-state index contributed by atoms with van der Waals surface area (Å²) in [5.41, 5.74) is 0.605. The van der Waals surface area contributed by atoms with Gasteiger partial charge in [-0.3, -0.25) is 4.79 Å². The van der Waals surface area contributed by atoms with Gasteiger partial charge in [0.25, 0.3) is 0 Å². The van der Waals surface area contributed by atoms with E-state index >= 15 is 0 Å². The Bertz CT molecular complexity index is 365. The summed E-state index contributed by atoms with van der Waals surface area (Å²) in [5, 5.41) is 11.3. The van der Waals surface area contributed by atoms with Gasteiger partial charge in [0.2, 0.25) is 0 Å². The second-order valence-corrected chi connectivity index (χ2v) is 3.47. The summed E-state index contributed by atoms with van der Waals surface area (Å²) in [6.45, 7) is -0.228. The van der Waals surface area contributed by atoms with Gasteiger partial charge in [0.05, 0.1) is 6.10 Å². The molecule has 1 atom stereocenters. The van der Waals surface area contributed by atoms with Crippen molar-refractivity contribution in [3.8, 4) is 0 Å². The van der Waals surface area contributed by atoms with E-state index in [9.17, 15) is 23.1 Å². The molecule has 0 bridgehead atoms. The van der Waals surface area contributed by atoms with E-state index in [0.717, 1.165) is 0 Å². The molecule has 1 aromatic rings. The fourth-order valence-corrected chi connectivity index (χ4v) is 1.26. The second-order valence-electron chi connectivity index (χ2n) is 3.47. The SMILES string of the molecule is O=C(NCCC(O)c1ccccc1)C(F)(F)F. The van der Waals surface area contributed by atoms with Crippen LogP contribution in [-0.2, 0) is 4.79 Å². The molecule has 0 aromatic heterocycles. The number of nitrogens with one attached hydrogen (secondary N) is 1. The number of aliphatic hydroxyl groups excluding tert-OH is 1. The molecule has 0 heterocycles. The first-order valence-corrected chi connectivity index (χ1v) is 4.99. The molecule has 1 unspecified atom stereocenters. The fourth-order valence-electron chi connectivity index (χ4n) is 1.26. The summed E-state index contributed by atoms with van der Waals surface area (Å²) >= 11 is 0. The van der Waals surface area contributed by atoms with Gasteiger partial charge in [0.1, 0.15) is 0 Å². The van der Waals surface area contributed by atoms with E-state index in [2.05, 4.69) is 0 Å². The molecule has 6 heteroatoms. The Labute approximate surface area is 96.3 Å². The molecule has 1 amide bonds. The molecule has 0 saturated carbocycles. The smallest absolute Gasteiger partial charge is 0.388 e. The monoisotopic (exact) mass is 247 g/mol. The molecular weight excluding hydrogens is 235 g/mol.